The average molecular weight is 597 g/mol. The molecule has 1 atom stereocenters. The molecular weight excluding hydrogens is 564 g/mol. The monoisotopic (exact) mass is 596 g/mol. The quantitative estimate of drug-likeness (QED) is 0.322. The largest absolute Gasteiger partial charge is 0.389 e. The van der Waals surface area contributed by atoms with E-state index in [1.54, 1.807) is 18.3 Å². The van der Waals surface area contributed by atoms with Gasteiger partial charge in [0.15, 0.2) is 26.8 Å². The van der Waals surface area contributed by atoms with E-state index in [1.165, 1.54) is 29.7 Å². The van der Waals surface area contributed by atoms with Crippen molar-refractivity contribution < 1.29 is 31.2 Å². The molecule has 1 aromatic heterocycles. The molecule has 2 aromatic rings. The van der Waals surface area contributed by atoms with Gasteiger partial charge >= 0.3 is 0 Å². The van der Waals surface area contributed by atoms with Crippen molar-refractivity contribution in [2.75, 3.05) is 37.9 Å². The molecule has 1 amide bonds. The van der Waals surface area contributed by atoms with Gasteiger partial charge in [-0.2, -0.15) is 0 Å². The number of anilines is 1. The fraction of sp³-hybridized carbons (Fsp3) is 0.560. The van der Waals surface area contributed by atoms with Crippen LogP contribution >= 0.6 is 11.3 Å². The van der Waals surface area contributed by atoms with Crippen molar-refractivity contribution in [3.63, 3.8) is 0 Å². The van der Waals surface area contributed by atoms with E-state index >= 15 is 0 Å². The lowest BCUT2D eigenvalue weighted by molar-refractivity contribution is -0.110. The Morgan fingerprint density at radius 1 is 1.10 bits per heavy atom. The zero-order valence-corrected chi connectivity index (χ0v) is 24.1. The van der Waals surface area contributed by atoms with Crippen molar-refractivity contribution in [3.8, 4) is 0 Å². The van der Waals surface area contributed by atoms with Crippen LogP contribution in [-0.4, -0.2) is 87.5 Å². The number of benzene rings is 1. The Kier molecular flexibility index (Phi) is 8.38. The number of nitrogens with zero attached hydrogens (tertiary/aromatic N) is 3. The van der Waals surface area contributed by atoms with Gasteiger partial charge in [-0.05, 0) is 50.9 Å². The molecule has 1 saturated carbocycles. The van der Waals surface area contributed by atoms with Crippen LogP contribution in [0.25, 0.3) is 0 Å². The number of likely N-dealkylation sites (tertiary alicyclic amines) is 1. The number of carbonyl (C=O) groups excluding carboxylic acids is 1. The first-order valence-electron chi connectivity index (χ1n) is 12.9. The Morgan fingerprint density at radius 2 is 1.82 bits per heavy atom. The predicted octanol–water partition coefficient (Wildman–Crippen LogP) is 2.24. The van der Waals surface area contributed by atoms with Crippen LogP contribution in [-0.2, 0) is 40.6 Å². The number of thiazole rings is 1. The normalized spacial score (nSPS) is 21.7. The number of sulfone groups is 2. The summed E-state index contributed by atoms with van der Waals surface area (Å²) in [6.07, 6.45) is 5.94. The average Bonchev–Trinajstić information content (AvgIpc) is 3.49. The summed E-state index contributed by atoms with van der Waals surface area (Å²) in [5.41, 5.74) is 0.434. The molecule has 0 unspecified atom stereocenters. The van der Waals surface area contributed by atoms with E-state index < -0.39 is 25.6 Å². The van der Waals surface area contributed by atoms with Gasteiger partial charge in [-0.1, -0.05) is 17.3 Å². The molecule has 1 aromatic carbocycles. The zero-order chi connectivity index (χ0) is 27.6. The maximum Gasteiger partial charge on any atom is 0.280 e. The highest BCUT2D eigenvalue weighted by Crippen LogP contribution is 2.33. The standard InChI is InChI=1S/C25H32N4O7S3/c1-38(31,32)20-8-11-29(12-9-20)15-19-14-26-25(37-19)27-24(30)23(28-36-18-10-13-35-16-18)17-2-4-21(5-3-17)39(33,34)22-6-7-22/h2-5,14,18,20,22H,6-13,15-16H2,1H3,(H,26,27,30)/b28-23+/t18-/m1/s1. The molecular formula is C25H32N4O7S3. The molecule has 2 aliphatic heterocycles. The lowest BCUT2D eigenvalue weighted by atomic mass is 10.1. The minimum absolute atomic E-state index is 0.0110. The van der Waals surface area contributed by atoms with Gasteiger partial charge in [0.1, 0.15) is 9.84 Å². The predicted molar refractivity (Wildman–Crippen MR) is 147 cm³/mol. The molecule has 1 N–H and O–H groups in total. The molecule has 3 aliphatic rings. The van der Waals surface area contributed by atoms with Crippen LogP contribution in [0, 0.1) is 0 Å². The first kappa shape index (κ1) is 28.1. The van der Waals surface area contributed by atoms with Crippen LogP contribution in [0.1, 0.15) is 42.5 Å². The fourth-order valence-electron chi connectivity index (χ4n) is 4.63. The van der Waals surface area contributed by atoms with Crippen molar-refractivity contribution in [2.24, 2.45) is 5.16 Å². The summed E-state index contributed by atoms with van der Waals surface area (Å²) in [5, 5.41) is 6.70. The molecule has 0 radical (unpaired) electrons. The Balaban J connectivity index is 1.26. The molecule has 0 spiro atoms. The third kappa shape index (κ3) is 7.04. The van der Waals surface area contributed by atoms with Crippen molar-refractivity contribution >= 4 is 47.8 Å². The SMILES string of the molecule is CS(=O)(=O)C1CCN(Cc2cnc(NC(=O)/C(=N/O[C@@H]3CCOC3)c3ccc(S(=O)(=O)C4CC4)cc3)s2)CC1. The number of piperidine rings is 1. The molecule has 11 nitrogen and oxygen atoms in total. The molecule has 1 aliphatic carbocycles. The maximum atomic E-state index is 13.3. The second-order valence-electron chi connectivity index (χ2n) is 10.2. The minimum Gasteiger partial charge on any atom is -0.389 e. The first-order valence-corrected chi connectivity index (χ1v) is 17.2. The molecule has 2 saturated heterocycles. The molecule has 14 heteroatoms. The van der Waals surface area contributed by atoms with Gasteiger partial charge in [-0.25, -0.2) is 21.8 Å². The number of amides is 1. The van der Waals surface area contributed by atoms with Crippen LogP contribution in [0.4, 0.5) is 5.13 Å². The van der Waals surface area contributed by atoms with Crippen LogP contribution in [0.2, 0.25) is 0 Å². The number of aromatic nitrogens is 1. The van der Waals surface area contributed by atoms with E-state index in [0.717, 1.165) is 4.88 Å². The highest BCUT2D eigenvalue weighted by atomic mass is 32.2. The van der Waals surface area contributed by atoms with Crippen LogP contribution < -0.4 is 5.32 Å². The highest BCUT2D eigenvalue weighted by Gasteiger charge is 2.37. The topological polar surface area (TPSA) is 144 Å². The summed E-state index contributed by atoms with van der Waals surface area (Å²) in [6.45, 7) is 2.93. The van der Waals surface area contributed by atoms with Gasteiger partial charge < -0.3 is 9.57 Å². The van der Waals surface area contributed by atoms with E-state index in [0.29, 0.717) is 75.6 Å². The molecule has 3 fully saturated rings. The number of nitrogens with one attached hydrogen (secondary N) is 1. The first-order chi connectivity index (χ1) is 18.6. The van der Waals surface area contributed by atoms with Gasteiger partial charge in [0.2, 0.25) is 0 Å². The van der Waals surface area contributed by atoms with Crippen LogP contribution in [0.5, 0.6) is 0 Å². The number of ether oxygens (including phenoxy) is 1. The summed E-state index contributed by atoms with van der Waals surface area (Å²) < 4.78 is 54.1. The Hall–Kier alpha value is -2.39. The van der Waals surface area contributed by atoms with E-state index in [4.69, 9.17) is 9.57 Å². The summed E-state index contributed by atoms with van der Waals surface area (Å²) >= 11 is 1.34. The van der Waals surface area contributed by atoms with Crippen LogP contribution in [0.15, 0.2) is 40.5 Å². The number of carbonyl (C=O) groups is 1. The fourth-order valence-corrected chi connectivity index (χ4v) is 8.21. The van der Waals surface area contributed by atoms with E-state index in [-0.39, 0.29) is 27.2 Å². The van der Waals surface area contributed by atoms with Gasteiger partial charge in [-0.3, -0.25) is 15.0 Å². The van der Waals surface area contributed by atoms with Gasteiger partial charge in [-0.15, -0.1) is 11.3 Å². The summed E-state index contributed by atoms with van der Waals surface area (Å²) in [5.74, 6) is -0.526. The van der Waals surface area contributed by atoms with Crippen molar-refractivity contribution in [1.29, 1.82) is 0 Å². The zero-order valence-electron chi connectivity index (χ0n) is 21.6. The van der Waals surface area contributed by atoms with E-state index in [1.807, 2.05) is 0 Å². The number of oxime groups is 1. The number of hydrogen-bond acceptors (Lipinski definition) is 11. The Bertz CT molecular complexity index is 1420. The lowest BCUT2D eigenvalue weighted by Crippen LogP contribution is -2.38. The smallest absolute Gasteiger partial charge is 0.280 e. The second-order valence-corrected chi connectivity index (χ2v) is 15.9. The summed E-state index contributed by atoms with van der Waals surface area (Å²) in [6, 6.07) is 6.13. The summed E-state index contributed by atoms with van der Waals surface area (Å²) in [7, 11) is -6.38. The number of rotatable bonds is 10. The molecule has 39 heavy (non-hydrogen) atoms. The van der Waals surface area contributed by atoms with E-state index in [2.05, 4.69) is 20.4 Å². The number of hydrogen-bond donors (Lipinski definition) is 1. The molecule has 212 valence electrons. The molecule has 3 heterocycles. The van der Waals surface area contributed by atoms with Crippen LogP contribution in [0.3, 0.4) is 0 Å². The maximum absolute atomic E-state index is 13.3. The summed E-state index contributed by atoms with van der Waals surface area (Å²) in [4.78, 5) is 26.5. The third-order valence-electron chi connectivity index (χ3n) is 7.11. The molecule has 0 bridgehead atoms. The van der Waals surface area contributed by atoms with E-state index in [9.17, 15) is 21.6 Å². The van der Waals surface area contributed by atoms with Gasteiger partial charge in [0.25, 0.3) is 5.91 Å². The third-order valence-corrected chi connectivity index (χ3v) is 12.0. The van der Waals surface area contributed by atoms with Crippen molar-refractivity contribution in [1.82, 2.24) is 9.88 Å². The lowest BCUT2D eigenvalue weighted by Gasteiger charge is -2.30. The van der Waals surface area contributed by atoms with Gasteiger partial charge in [0, 0.05) is 35.9 Å². The Morgan fingerprint density at radius 3 is 2.44 bits per heavy atom. The van der Waals surface area contributed by atoms with Gasteiger partial charge in [0.05, 0.1) is 28.6 Å². The highest BCUT2D eigenvalue weighted by molar-refractivity contribution is 7.92. The second kappa shape index (κ2) is 11.6. The minimum atomic E-state index is -3.35. The van der Waals surface area contributed by atoms with Crippen molar-refractivity contribution in [3.05, 3.63) is 40.9 Å². The van der Waals surface area contributed by atoms with Crippen molar-refractivity contribution in [2.45, 2.75) is 60.1 Å². The Labute approximate surface area is 232 Å². The molecule has 5 rings (SSSR count).